The van der Waals surface area contributed by atoms with Crippen molar-refractivity contribution in [3.8, 4) is 0 Å². The van der Waals surface area contributed by atoms with Crippen molar-refractivity contribution in [1.29, 1.82) is 0 Å². The van der Waals surface area contributed by atoms with Gasteiger partial charge in [-0.2, -0.15) is 0 Å². The number of allylic oxidation sites excluding steroid dienone is 1. The van der Waals surface area contributed by atoms with Crippen LogP contribution in [0.5, 0.6) is 0 Å². The molecule has 0 bridgehead atoms. The minimum absolute atomic E-state index is 0.0743. The molecule has 0 aliphatic rings. The maximum atomic E-state index is 13.2. The lowest BCUT2D eigenvalue weighted by Gasteiger charge is -2.15. The predicted molar refractivity (Wildman–Crippen MR) is 60.9 cm³/mol. The summed E-state index contributed by atoms with van der Waals surface area (Å²) in [5, 5.41) is 0.123. The molecule has 0 fully saturated rings. The molecule has 4 heteroatoms. The van der Waals surface area contributed by atoms with Gasteiger partial charge in [-0.3, -0.25) is 11.3 Å². The van der Waals surface area contributed by atoms with E-state index in [1.807, 2.05) is 0 Å². The van der Waals surface area contributed by atoms with Gasteiger partial charge in [-0.15, -0.1) is 6.58 Å². The van der Waals surface area contributed by atoms with E-state index in [9.17, 15) is 4.39 Å². The van der Waals surface area contributed by atoms with Gasteiger partial charge in [0.05, 0.1) is 5.02 Å². The molecule has 0 heterocycles. The van der Waals surface area contributed by atoms with Gasteiger partial charge in [0.25, 0.3) is 0 Å². The average molecular weight is 229 g/mol. The number of hydrogen-bond acceptors (Lipinski definition) is 2. The van der Waals surface area contributed by atoms with Crippen LogP contribution in [0.1, 0.15) is 24.4 Å². The van der Waals surface area contributed by atoms with E-state index in [1.54, 1.807) is 12.1 Å². The second-order valence-electron chi connectivity index (χ2n) is 3.26. The molecule has 3 N–H and O–H groups in total. The summed E-state index contributed by atoms with van der Waals surface area (Å²) in [7, 11) is 0. The van der Waals surface area contributed by atoms with Crippen LogP contribution >= 0.6 is 11.6 Å². The lowest BCUT2D eigenvalue weighted by Crippen LogP contribution is -2.27. The number of nitrogens with two attached hydrogens (primary N) is 1. The molecule has 0 spiro atoms. The molecule has 2 nitrogen and oxygen atoms in total. The Kier molecular flexibility index (Phi) is 4.75. The third-order valence-corrected chi connectivity index (χ3v) is 2.51. The molecular formula is C11H14ClFN2. The van der Waals surface area contributed by atoms with Crippen LogP contribution in [0.2, 0.25) is 5.02 Å². The summed E-state index contributed by atoms with van der Waals surface area (Å²) >= 11 is 5.59. The third kappa shape index (κ3) is 3.30. The molecule has 0 saturated heterocycles. The summed E-state index contributed by atoms with van der Waals surface area (Å²) < 4.78 is 13.2. The molecule has 82 valence electrons. The van der Waals surface area contributed by atoms with Crippen LogP contribution in [-0.4, -0.2) is 0 Å². The lowest BCUT2D eigenvalue weighted by molar-refractivity contribution is 0.516. The molecule has 0 amide bonds. The van der Waals surface area contributed by atoms with Crippen LogP contribution in [0.4, 0.5) is 4.39 Å². The fourth-order valence-electron chi connectivity index (χ4n) is 1.36. The quantitative estimate of drug-likeness (QED) is 0.462. The Balaban J connectivity index is 2.82. The molecule has 15 heavy (non-hydrogen) atoms. The minimum atomic E-state index is -0.423. The fraction of sp³-hybridized carbons (Fsp3) is 0.273. The number of benzene rings is 1. The monoisotopic (exact) mass is 228 g/mol. The molecule has 0 saturated carbocycles. The summed E-state index contributed by atoms with van der Waals surface area (Å²) in [6, 6.07) is 4.62. The van der Waals surface area contributed by atoms with Crippen LogP contribution in [0, 0.1) is 5.82 Å². The highest BCUT2D eigenvalue weighted by Gasteiger charge is 2.10. The molecule has 0 aromatic heterocycles. The van der Waals surface area contributed by atoms with E-state index in [0.29, 0.717) is 0 Å². The molecule has 0 aliphatic carbocycles. The number of hydrogen-bond donors (Lipinski definition) is 2. The molecule has 0 radical (unpaired) electrons. The lowest BCUT2D eigenvalue weighted by atomic mass is 10.0. The smallest absolute Gasteiger partial charge is 0.142 e. The summed E-state index contributed by atoms with van der Waals surface area (Å²) in [4.78, 5) is 0. The highest BCUT2D eigenvalue weighted by molar-refractivity contribution is 6.30. The Morgan fingerprint density at radius 1 is 1.60 bits per heavy atom. The van der Waals surface area contributed by atoms with Gasteiger partial charge in [-0.1, -0.05) is 23.7 Å². The van der Waals surface area contributed by atoms with Crippen molar-refractivity contribution in [2.24, 2.45) is 5.84 Å². The average Bonchev–Trinajstić information content (AvgIpc) is 2.24. The molecule has 0 aliphatic heterocycles. The van der Waals surface area contributed by atoms with Crippen molar-refractivity contribution >= 4 is 11.6 Å². The van der Waals surface area contributed by atoms with Crippen LogP contribution < -0.4 is 11.3 Å². The van der Waals surface area contributed by atoms with Crippen LogP contribution in [0.25, 0.3) is 0 Å². The minimum Gasteiger partial charge on any atom is -0.271 e. The van der Waals surface area contributed by atoms with Gasteiger partial charge in [0.2, 0.25) is 0 Å². The van der Waals surface area contributed by atoms with Crippen molar-refractivity contribution in [3.63, 3.8) is 0 Å². The van der Waals surface area contributed by atoms with Crippen molar-refractivity contribution < 1.29 is 4.39 Å². The summed E-state index contributed by atoms with van der Waals surface area (Å²) in [6.07, 6.45) is 3.40. The first-order valence-corrected chi connectivity index (χ1v) is 5.08. The van der Waals surface area contributed by atoms with Gasteiger partial charge in [-0.05, 0) is 30.5 Å². The first-order chi connectivity index (χ1) is 7.19. The maximum absolute atomic E-state index is 13.2. The zero-order valence-electron chi connectivity index (χ0n) is 8.34. The van der Waals surface area contributed by atoms with Gasteiger partial charge >= 0.3 is 0 Å². The summed E-state index contributed by atoms with van der Waals surface area (Å²) in [6.45, 7) is 3.63. The van der Waals surface area contributed by atoms with E-state index in [1.165, 1.54) is 12.1 Å². The molecule has 1 aromatic rings. The van der Waals surface area contributed by atoms with Crippen LogP contribution in [0.15, 0.2) is 30.9 Å². The number of rotatable bonds is 5. The zero-order valence-corrected chi connectivity index (χ0v) is 9.10. The van der Waals surface area contributed by atoms with Gasteiger partial charge < -0.3 is 0 Å². The van der Waals surface area contributed by atoms with E-state index in [4.69, 9.17) is 17.4 Å². The van der Waals surface area contributed by atoms with Crippen LogP contribution in [0.3, 0.4) is 0 Å². The SMILES string of the molecule is C=CCCC(NN)c1ccc(Cl)c(F)c1. The largest absolute Gasteiger partial charge is 0.271 e. The van der Waals surface area contributed by atoms with E-state index in [0.717, 1.165) is 18.4 Å². The van der Waals surface area contributed by atoms with Gasteiger partial charge in [-0.25, -0.2) is 4.39 Å². The van der Waals surface area contributed by atoms with E-state index in [-0.39, 0.29) is 11.1 Å². The standard InChI is InChI=1S/C11H14ClFN2/c1-2-3-4-11(15-14)8-5-6-9(12)10(13)7-8/h2,5-7,11,15H,1,3-4,14H2. The highest BCUT2D eigenvalue weighted by atomic mass is 35.5. The second-order valence-corrected chi connectivity index (χ2v) is 3.67. The second kappa shape index (κ2) is 5.85. The molecule has 1 unspecified atom stereocenters. The molecular weight excluding hydrogens is 215 g/mol. The van der Waals surface area contributed by atoms with Gasteiger partial charge in [0, 0.05) is 6.04 Å². The number of halogens is 2. The Hall–Kier alpha value is -0.900. The van der Waals surface area contributed by atoms with Crippen molar-refractivity contribution in [2.75, 3.05) is 0 Å². The summed E-state index contributed by atoms with van der Waals surface area (Å²) in [5.74, 6) is 4.97. The molecule has 1 rings (SSSR count). The van der Waals surface area contributed by atoms with E-state index >= 15 is 0 Å². The normalized spacial score (nSPS) is 12.5. The van der Waals surface area contributed by atoms with Gasteiger partial charge in [0.15, 0.2) is 0 Å². The highest BCUT2D eigenvalue weighted by Crippen LogP contribution is 2.22. The number of nitrogens with one attached hydrogen (secondary N) is 1. The Labute approximate surface area is 93.9 Å². The van der Waals surface area contributed by atoms with Crippen LogP contribution in [-0.2, 0) is 0 Å². The first-order valence-electron chi connectivity index (χ1n) is 4.71. The molecule has 1 atom stereocenters. The van der Waals surface area contributed by atoms with E-state index < -0.39 is 5.82 Å². The third-order valence-electron chi connectivity index (χ3n) is 2.21. The van der Waals surface area contributed by atoms with Crippen molar-refractivity contribution in [3.05, 3.63) is 47.3 Å². The Morgan fingerprint density at radius 3 is 2.87 bits per heavy atom. The maximum Gasteiger partial charge on any atom is 0.142 e. The first kappa shape index (κ1) is 12.2. The predicted octanol–water partition coefficient (Wildman–Crippen LogP) is 2.95. The molecule has 1 aromatic carbocycles. The van der Waals surface area contributed by atoms with E-state index in [2.05, 4.69) is 12.0 Å². The summed E-state index contributed by atoms with van der Waals surface area (Å²) in [5.41, 5.74) is 3.44. The van der Waals surface area contributed by atoms with Crippen molar-refractivity contribution in [2.45, 2.75) is 18.9 Å². The number of hydrazine groups is 1. The zero-order chi connectivity index (χ0) is 11.3. The van der Waals surface area contributed by atoms with Crippen molar-refractivity contribution in [1.82, 2.24) is 5.43 Å². The Morgan fingerprint density at radius 2 is 2.33 bits per heavy atom. The Bertz CT molecular complexity index is 341. The fourth-order valence-corrected chi connectivity index (χ4v) is 1.48. The van der Waals surface area contributed by atoms with Gasteiger partial charge in [0.1, 0.15) is 5.82 Å². The topological polar surface area (TPSA) is 38.0 Å².